The lowest BCUT2D eigenvalue weighted by Gasteiger charge is -2.18. The number of hydrogen-bond donors (Lipinski definition) is 2. The zero-order valence-corrected chi connectivity index (χ0v) is 13.3. The molecule has 8 nitrogen and oxygen atoms in total. The first-order chi connectivity index (χ1) is 10.2. The Bertz CT molecular complexity index is 645. The van der Waals surface area contributed by atoms with Gasteiger partial charge in [0.15, 0.2) is 0 Å². The maximum absolute atomic E-state index is 12.3. The monoisotopic (exact) mass is 328 g/mol. The predicted molar refractivity (Wildman–Crippen MR) is 81.5 cm³/mol. The Morgan fingerprint density at radius 2 is 2.14 bits per heavy atom. The zero-order valence-electron chi connectivity index (χ0n) is 12.5. The molecule has 122 valence electrons. The van der Waals surface area contributed by atoms with E-state index in [4.69, 9.17) is 5.73 Å². The molecule has 0 aromatic carbocycles. The summed E-state index contributed by atoms with van der Waals surface area (Å²) in [5.74, 6) is -0.673. The predicted octanol–water partition coefficient (Wildman–Crippen LogP) is -1.01. The molecule has 0 saturated carbocycles. The number of nitrogens with zero attached hydrogens (tertiary/aromatic N) is 3. The standard InChI is InChI=1S/C13H20N4O4S/c1-16(2)22(20,21)8-10-6-17(7-11(10)18)13(19)9-3-4-12(14)15-5-9/h3-5,10-11,18H,6-8H2,1-2H3,(H2,14,15)/t10-,11-/m0/s1. The summed E-state index contributed by atoms with van der Waals surface area (Å²) >= 11 is 0. The Labute approximate surface area is 129 Å². The van der Waals surface area contributed by atoms with Crippen LogP contribution in [0.5, 0.6) is 0 Å². The van der Waals surface area contributed by atoms with Gasteiger partial charge in [0.25, 0.3) is 5.91 Å². The number of aliphatic hydroxyl groups is 1. The van der Waals surface area contributed by atoms with E-state index in [1.807, 2.05) is 0 Å². The molecule has 0 spiro atoms. The van der Waals surface area contributed by atoms with Crippen LogP contribution in [0.25, 0.3) is 0 Å². The molecule has 22 heavy (non-hydrogen) atoms. The number of nitrogens with two attached hydrogens (primary N) is 1. The molecule has 0 unspecified atom stereocenters. The van der Waals surface area contributed by atoms with Crippen molar-refractivity contribution in [2.45, 2.75) is 6.10 Å². The second-order valence-corrected chi connectivity index (χ2v) is 7.80. The molecular weight excluding hydrogens is 308 g/mol. The Hall–Kier alpha value is -1.71. The number of amides is 1. The second-order valence-electron chi connectivity index (χ2n) is 5.57. The van der Waals surface area contributed by atoms with Crippen LogP contribution < -0.4 is 5.73 Å². The quantitative estimate of drug-likeness (QED) is 0.731. The highest BCUT2D eigenvalue weighted by molar-refractivity contribution is 7.89. The van der Waals surface area contributed by atoms with E-state index in [-0.39, 0.29) is 24.7 Å². The van der Waals surface area contributed by atoms with Gasteiger partial charge in [-0.2, -0.15) is 0 Å². The van der Waals surface area contributed by atoms with Crippen LogP contribution in [0.2, 0.25) is 0 Å². The number of β-amino-alcohol motifs (C(OH)–C–C–N with tert-alkyl or cyclic N) is 1. The van der Waals surface area contributed by atoms with Crippen LogP contribution in [-0.4, -0.2) is 72.7 Å². The zero-order chi connectivity index (χ0) is 16.5. The highest BCUT2D eigenvalue weighted by Gasteiger charge is 2.37. The number of anilines is 1. The summed E-state index contributed by atoms with van der Waals surface area (Å²) < 4.78 is 24.9. The van der Waals surface area contributed by atoms with Crippen molar-refractivity contribution in [3.8, 4) is 0 Å². The van der Waals surface area contributed by atoms with Gasteiger partial charge in [-0.1, -0.05) is 0 Å². The Morgan fingerprint density at radius 3 is 2.68 bits per heavy atom. The van der Waals surface area contributed by atoms with E-state index in [1.54, 1.807) is 6.07 Å². The lowest BCUT2D eigenvalue weighted by Crippen LogP contribution is -2.33. The largest absolute Gasteiger partial charge is 0.391 e. The maximum Gasteiger partial charge on any atom is 0.255 e. The van der Waals surface area contributed by atoms with Crippen molar-refractivity contribution in [1.82, 2.24) is 14.2 Å². The first kappa shape index (κ1) is 16.7. The molecule has 2 heterocycles. The molecule has 0 aliphatic carbocycles. The number of likely N-dealkylation sites (tertiary alicyclic amines) is 1. The van der Waals surface area contributed by atoms with Crippen molar-refractivity contribution in [2.75, 3.05) is 38.7 Å². The Kier molecular flexibility index (Phi) is 4.69. The molecule has 2 rings (SSSR count). The minimum Gasteiger partial charge on any atom is -0.391 e. The normalized spacial score (nSPS) is 22.3. The number of rotatable bonds is 4. The topological polar surface area (TPSA) is 117 Å². The molecule has 0 bridgehead atoms. The minimum absolute atomic E-state index is 0.108. The third kappa shape index (κ3) is 3.54. The van der Waals surface area contributed by atoms with Gasteiger partial charge < -0.3 is 15.7 Å². The SMILES string of the molecule is CN(C)S(=O)(=O)C[C@@H]1CN(C(=O)c2ccc(N)nc2)C[C@@H]1O. The van der Waals surface area contributed by atoms with E-state index in [0.29, 0.717) is 11.4 Å². The van der Waals surface area contributed by atoms with Crippen molar-refractivity contribution in [3.05, 3.63) is 23.9 Å². The summed E-state index contributed by atoms with van der Waals surface area (Å²) in [6.07, 6.45) is 0.508. The number of hydrogen-bond acceptors (Lipinski definition) is 6. The van der Waals surface area contributed by atoms with Gasteiger partial charge in [-0.25, -0.2) is 17.7 Å². The molecule has 1 fully saturated rings. The molecule has 1 aromatic heterocycles. The third-order valence-electron chi connectivity index (χ3n) is 3.71. The van der Waals surface area contributed by atoms with E-state index in [2.05, 4.69) is 4.98 Å². The Morgan fingerprint density at radius 1 is 1.45 bits per heavy atom. The van der Waals surface area contributed by atoms with E-state index in [9.17, 15) is 18.3 Å². The van der Waals surface area contributed by atoms with Crippen LogP contribution in [0.4, 0.5) is 5.82 Å². The van der Waals surface area contributed by atoms with Gasteiger partial charge in [0.05, 0.1) is 17.4 Å². The molecule has 0 radical (unpaired) electrons. The summed E-state index contributed by atoms with van der Waals surface area (Å²) in [5.41, 5.74) is 5.83. The lowest BCUT2D eigenvalue weighted by molar-refractivity contribution is 0.0764. The average Bonchev–Trinajstić information content (AvgIpc) is 2.79. The first-order valence-corrected chi connectivity index (χ1v) is 8.40. The fraction of sp³-hybridized carbons (Fsp3) is 0.538. The summed E-state index contributed by atoms with van der Waals surface area (Å²) in [6.45, 7) is 0.300. The van der Waals surface area contributed by atoms with Crippen LogP contribution in [0.3, 0.4) is 0 Å². The van der Waals surface area contributed by atoms with Crippen molar-refractivity contribution in [1.29, 1.82) is 0 Å². The molecule has 1 saturated heterocycles. The van der Waals surface area contributed by atoms with Crippen LogP contribution in [0, 0.1) is 5.92 Å². The van der Waals surface area contributed by atoms with Gasteiger partial charge in [-0.05, 0) is 12.1 Å². The van der Waals surface area contributed by atoms with E-state index >= 15 is 0 Å². The smallest absolute Gasteiger partial charge is 0.255 e. The number of aromatic nitrogens is 1. The highest BCUT2D eigenvalue weighted by Crippen LogP contribution is 2.21. The molecule has 2 atom stereocenters. The number of nitrogen functional groups attached to an aromatic ring is 1. The van der Waals surface area contributed by atoms with E-state index < -0.39 is 22.0 Å². The van der Waals surface area contributed by atoms with E-state index in [1.165, 1.54) is 31.3 Å². The second kappa shape index (κ2) is 6.19. The Balaban J connectivity index is 2.07. The van der Waals surface area contributed by atoms with Crippen molar-refractivity contribution < 1.29 is 18.3 Å². The molecule has 1 aliphatic heterocycles. The molecular formula is C13H20N4O4S. The summed E-state index contributed by atoms with van der Waals surface area (Å²) in [6, 6.07) is 3.08. The van der Waals surface area contributed by atoms with Gasteiger partial charge in [0.1, 0.15) is 5.82 Å². The third-order valence-corrected chi connectivity index (χ3v) is 5.67. The van der Waals surface area contributed by atoms with Crippen molar-refractivity contribution in [3.63, 3.8) is 0 Å². The average molecular weight is 328 g/mol. The first-order valence-electron chi connectivity index (χ1n) is 6.80. The summed E-state index contributed by atoms with van der Waals surface area (Å²) in [7, 11) is -0.539. The maximum atomic E-state index is 12.3. The molecule has 9 heteroatoms. The number of carbonyl (C=O) groups is 1. The fourth-order valence-corrected chi connectivity index (χ4v) is 3.48. The lowest BCUT2D eigenvalue weighted by atomic mass is 10.1. The number of aliphatic hydroxyl groups excluding tert-OH is 1. The number of sulfonamides is 1. The van der Waals surface area contributed by atoms with Gasteiger partial charge in [0.2, 0.25) is 10.0 Å². The van der Waals surface area contributed by atoms with Gasteiger partial charge in [-0.15, -0.1) is 0 Å². The molecule has 1 aliphatic rings. The van der Waals surface area contributed by atoms with Crippen molar-refractivity contribution >= 4 is 21.7 Å². The summed E-state index contributed by atoms with van der Waals surface area (Å²) in [5, 5.41) is 10.0. The molecule has 3 N–H and O–H groups in total. The van der Waals surface area contributed by atoms with Gasteiger partial charge >= 0.3 is 0 Å². The number of carbonyl (C=O) groups excluding carboxylic acids is 1. The van der Waals surface area contributed by atoms with E-state index in [0.717, 1.165) is 4.31 Å². The fourth-order valence-electron chi connectivity index (χ4n) is 2.32. The number of pyridine rings is 1. The van der Waals surface area contributed by atoms with Crippen LogP contribution in [-0.2, 0) is 10.0 Å². The minimum atomic E-state index is -3.43. The highest BCUT2D eigenvalue weighted by atomic mass is 32.2. The van der Waals surface area contributed by atoms with Crippen LogP contribution in [0.1, 0.15) is 10.4 Å². The van der Waals surface area contributed by atoms with Crippen LogP contribution >= 0.6 is 0 Å². The van der Waals surface area contributed by atoms with Gasteiger partial charge in [0, 0.05) is 39.3 Å². The van der Waals surface area contributed by atoms with Crippen molar-refractivity contribution in [2.24, 2.45) is 5.92 Å². The van der Waals surface area contributed by atoms with Crippen LogP contribution in [0.15, 0.2) is 18.3 Å². The van der Waals surface area contributed by atoms with Gasteiger partial charge in [-0.3, -0.25) is 4.79 Å². The molecule has 1 amide bonds. The molecule has 1 aromatic rings. The summed E-state index contributed by atoms with van der Waals surface area (Å²) in [4.78, 5) is 17.6.